The Hall–Kier alpha value is -1.13. The van der Waals surface area contributed by atoms with Gasteiger partial charge in [-0.2, -0.15) is 0 Å². The van der Waals surface area contributed by atoms with Crippen LogP contribution in [0, 0.1) is 11.8 Å². The molecule has 2 aromatic rings. The molecule has 116 valence electrons. The van der Waals surface area contributed by atoms with Crippen LogP contribution in [-0.2, 0) is 0 Å². The maximum atomic E-state index is 2.49. The first-order chi connectivity index (χ1) is 10.7. The fraction of sp³-hybridized carbons (Fsp3) is 0.429. The molecule has 2 aromatic carbocycles. The fourth-order valence-electron chi connectivity index (χ4n) is 4.42. The molecule has 22 heavy (non-hydrogen) atoms. The van der Waals surface area contributed by atoms with Crippen molar-refractivity contribution in [2.75, 3.05) is 0 Å². The zero-order valence-corrected chi connectivity index (χ0v) is 14.9. The Kier molecular flexibility index (Phi) is 4.69. The van der Waals surface area contributed by atoms with Crippen molar-refractivity contribution in [1.29, 1.82) is 0 Å². The topological polar surface area (TPSA) is 0 Å². The third kappa shape index (κ3) is 2.63. The van der Waals surface area contributed by atoms with E-state index in [-0.39, 0.29) is 7.92 Å². The molecule has 0 N–H and O–H groups in total. The van der Waals surface area contributed by atoms with Gasteiger partial charge in [0.1, 0.15) is 0 Å². The lowest BCUT2D eigenvalue weighted by Crippen LogP contribution is -2.41. The van der Waals surface area contributed by atoms with E-state index >= 15 is 0 Å². The van der Waals surface area contributed by atoms with Crippen LogP contribution >= 0.6 is 7.92 Å². The van der Waals surface area contributed by atoms with Crippen LogP contribution in [0.2, 0.25) is 0 Å². The second-order valence-electron chi connectivity index (χ2n) is 6.95. The highest BCUT2D eigenvalue weighted by atomic mass is 31.1. The van der Waals surface area contributed by atoms with Crippen molar-refractivity contribution >= 4 is 18.5 Å². The second-order valence-corrected chi connectivity index (χ2v) is 9.48. The predicted molar refractivity (Wildman–Crippen MR) is 99.7 cm³/mol. The molecule has 1 heteroatoms. The summed E-state index contributed by atoms with van der Waals surface area (Å²) >= 11 is 0. The lowest BCUT2D eigenvalue weighted by molar-refractivity contribution is 0.355. The molecule has 0 amide bonds. The van der Waals surface area contributed by atoms with E-state index in [1.54, 1.807) is 10.6 Å². The SMILES string of the molecule is CC(C)C1(P(c2ccccc2)c2ccccc2)CCCC1C. The summed E-state index contributed by atoms with van der Waals surface area (Å²) in [5, 5.41) is 3.54. The quantitative estimate of drug-likeness (QED) is 0.669. The van der Waals surface area contributed by atoms with Crippen molar-refractivity contribution in [1.82, 2.24) is 0 Å². The van der Waals surface area contributed by atoms with Crippen LogP contribution in [0.15, 0.2) is 60.7 Å². The van der Waals surface area contributed by atoms with Gasteiger partial charge in [-0.1, -0.05) is 87.9 Å². The normalized spacial score (nSPS) is 25.0. The number of benzene rings is 2. The molecule has 1 fully saturated rings. The van der Waals surface area contributed by atoms with Gasteiger partial charge in [-0.3, -0.25) is 0 Å². The molecule has 3 rings (SSSR count). The average molecular weight is 310 g/mol. The first-order valence-corrected chi connectivity index (χ1v) is 9.91. The van der Waals surface area contributed by atoms with Crippen molar-refractivity contribution in [3.05, 3.63) is 60.7 Å². The molecule has 0 bridgehead atoms. The molecular formula is C21H27P. The summed E-state index contributed by atoms with van der Waals surface area (Å²) in [6.07, 6.45) is 4.15. The first kappa shape index (κ1) is 15.8. The van der Waals surface area contributed by atoms with Crippen LogP contribution in [0.25, 0.3) is 0 Å². The van der Waals surface area contributed by atoms with E-state index in [9.17, 15) is 0 Å². The minimum Gasteiger partial charge on any atom is -0.0622 e. The summed E-state index contributed by atoms with van der Waals surface area (Å²) < 4.78 is 0. The van der Waals surface area contributed by atoms with E-state index in [4.69, 9.17) is 0 Å². The third-order valence-corrected chi connectivity index (χ3v) is 9.16. The van der Waals surface area contributed by atoms with Gasteiger partial charge in [-0.15, -0.1) is 0 Å². The highest BCUT2D eigenvalue weighted by molar-refractivity contribution is 7.74. The van der Waals surface area contributed by atoms with Crippen molar-refractivity contribution in [3.63, 3.8) is 0 Å². The molecule has 0 saturated heterocycles. The van der Waals surface area contributed by atoms with Crippen molar-refractivity contribution in [3.8, 4) is 0 Å². The molecule has 1 aliphatic carbocycles. The molecule has 0 aliphatic heterocycles. The Morgan fingerprint density at radius 2 is 1.41 bits per heavy atom. The summed E-state index contributed by atoms with van der Waals surface area (Å²) in [6, 6.07) is 22.5. The van der Waals surface area contributed by atoms with E-state index in [1.807, 2.05) is 0 Å². The van der Waals surface area contributed by atoms with Crippen LogP contribution in [-0.4, -0.2) is 5.16 Å². The van der Waals surface area contributed by atoms with Crippen molar-refractivity contribution in [2.24, 2.45) is 11.8 Å². The van der Waals surface area contributed by atoms with Crippen LogP contribution in [0.3, 0.4) is 0 Å². The molecule has 2 atom stereocenters. The van der Waals surface area contributed by atoms with Crippen LogP contribution in [0.5, 0.6) is 0 Å². The minimum atomic E-state index is -0.315. The first-order valence-electron chi connectivity index (χ1n) is 8.56. The summed E-state index contributed by atoms with van der Waals surface area (Å²) in [5.41, 5.74) is 0. The van der Waals surface area contributed by atoms with E-state index in [0.717, 1.165) is 11.8 Å². The molecular weight excluding hydrogens is 283 g/mol. The van der Waals surface area contributed by atoms with E-state index in [2.05, 4.69) is 81.4 Å². The molecule has 2 unspecified atom stereocenters. The third-order valence-electron chi connectivity index (χ3n) is 5.51. The largest absolute Gasteiger partial charge is 0.0622 e. The molecule has 0 heterocycles. The Morgan fingerprint density at radius 3 is 1.77 bits per heavy atom. The summed E-state index contributed by atoms with van der Waals surface area (Å²) in [7, 11) is -0.315. The van der Waals surface area contributed by atoms with E-state index < -0.39 is 0 Å². The van der Waals surface area contributed by atoms with Crippen molar-refractivity contribution in [2.45, 2.75) is 45.2 Å². The second kappa shape index (κ2) is 6.55. The number of hydrogen-bond acceptors (Lipinski definition) is 0. The molecule has 0 spiro atoms. The highest BCUT2D eigenvalue weighted by Gasteiger charge is 2.49. The molecule has 1 saturated carbocycles. The monoisotopic (exact) mass is 310 g/mol. The minimum absolute atomic E-state index is 0.315. The van der Waals surface area contributed by atoms with Gasteiger partial charge in [0, 0.05) is 5.16 Å². The van der Waals surface area contributed by atoms with Gasteiger partial charge in [0.2, 0.25) is 0 Å². The molecule has 0 radical (unpaired) electrons. The Morgan fingerprint density at radius 1 is 0.909 bits per heavy atom. The molecule has 1 aliphatic rings. The van der Waals surface area contributed by atoms with Gasteiger partial charge < -0.3 is 0 Å². The standard InChI is InChI=1S/C21H27P/c1-17(2)21(16-10-11-18(21)3)22(19-12-6-4-7-13-19)20-14-8-5-9-15-20/h4-9,12-15,17-18H,10-11,16H2,1-3H3. The van der Waals surface area contributed by atoms with Crippen LogP contribution in [0.1, 0.15) is 40.0 Å². The zero-order chi connectivity index (χ0) is 15.6. The van der Waals surface area contributed by atoms with Crippen LogP contribution < -0.4 is 10.6 Å². The number of rotatable bonds is 4. The Balaban J connectivity index is 2.17. The van der Waals surface area contributed by atoms with Gasteiger partial charge in [0.25, 0.3) is 0 Å². The van der Waals surface area contributed by atoms with E-state index in [0.29, 0.717) is 5.16 Å². The van der Waals surface area contributed by atoms with E-state index in [1.165, 1.54) is 19.3 Å². The Bertz CT molecular complexity index is 550. The fourth-order valence-corrected chi connectivity index (χ4v) is 8.09. The smallest absolute Gasteiger partial charge is 0.00342 e. The maximum Gasteiger partial charge on any atom is 0.00342 e. The Labute approximate surface area is 136 Å². The predicted octanol–water partition coefficient (Wildman–Crippen LogP) is 5.33. The lowest BCUT2D eigenvalue weighted by atomic mass is 9.86. The maximum absolute atomic E-state index is 2.49. The van der Waals surface area contributed by atoms with Gasteiger partial charge in [0.15, 0.2) is 0 Å². The van der Waals surface area contributed by atoms with Crippen molar-refractivity contribution < 1.29 is 0 Å². The summed E-state index contributed by atoms with van der Waals surface area (Å²) in [4.78, 5) is 0. The zero-order valence-electron chi connectivity index (χ0n) is 14.0. The highest BCUT2D eigenvalue weighted by Crippen LogP contribution is 2.62. The lowest BCUT2D eigenvalue weighted by Gasteiger charge is -2.46. The van der Waals surface area contributed by atoms with Gasteiger partial charge >= 0.3 is 0 Å². The van der Waals surface area contributed by atoms with Gasteiger partial charge in [-0.05, 0) is 43.2 Å². The molecule has 0 nitrogen and oxygen atoms in total. The average Bonchev–Trinajstić information content (AvgIpc) is 2.92. The molecule has 0 aromatic heterocycles. The van der Waals surface area contributed by atoms with Gasteiger partial charge in [-0.25, -0.2) is 0 Å². The summed E-state index contributed by atoms with van der Waals surface area (Å²) in [6.45, 7) is 7.39. The van der Waals surface area contributed by atoms with Crippen LogP contribution in [0.4, 0.5) is 0 Å². The summed E-state index contributed by atoms with van der Waals surface area (Å²) in [5.74, 6) is 1.52. The van der Waals surface area contributed by atoms with Gasteiger partial charge in [0.05, 0.1) is 0 Å². The number of hydrogen-bond donors (Lipinski definition) is 0.